The van der Waals surface area contributed by atoms with Gasteiger partial charge in [0.25, 0.3) is 0 Å². The molecule has 0 amide bonds. The van der Waals surface area contributed by atoms with Gasteiger partial charge < -0.3 is 14.2 Å². The molecule has 9 nitrogen and oxygen atoms in total. The van der Waals surface area contributed by atoms with E-state index < -0.39 is 18.0 Å². The summed E-state index contributed by atoms with van der Waals surface area (Å²) < 4.78 is 17.5. The molecule has 0 atom stereocenters. The lowest BCUT2D eigenvalue weighted by molar-refractivity contribution is -0.110. The first-order valence-corrected chi connectivity index (χ1v) is 7.63. The summed E-state index contributed by atoms with van der Waals surface area (Å²) in [6, 6.07) is 3.47. The molecule has 2 rings (SSSR count). The van der Waals surface area contributed by atoms with Gasteiger partial charge in [-0.25, -0.2) is 9.36 Å². The van der Waals surface area contributed by atoms with E-state index in [1.165, 1.54) is 18.8 Å². The summed E-state index contributed by atoms with van der Waals surface area (Å²) in [5.74, 6) is 0. The fourth-order valence-corrected chi connectivity index (χ4v) is 2.38. The van der Waals surface area contributed by atoms with Crippen LogP contribution in [-0.4, -0.2) is 35.5 Å². The third-order valence-corrected chi connectivity index (χ3v) is 3.32. The topological polar surface area (TPSA) is 113 Å². The molecule has 2 heterocycles. The Bertz CT molecular complexity index is 814. The van der Waals surface area contributed by atoms with Crippen LogP contribution in [0.1, 0.15) is 38.4 Å². The fraction of sp³-hybridized carbons (Fsp3) is 0.500. The van der Waals surface area contributed by atoms with Crippen molar-refractivity contribution in [1.82, 2.24) is 14.5 Å². The summed E-state index contributed by atoms with van der Waals surface area (Å²) in [5, 5.41) is 4.34. The second-order valence-electron chi connectivity index (χ2n) is 6.32. The second kappa shape index (κ2) is 7.52. The van der Waals surface area contributed by atoms with Gasteiger partial charge in [-0.05, 0) is 32.9 Å². The highest BCUT2D eigenvalue weighted by Gasteiger charge is 2.26. The molecule has 9 heteroatoms. The number of hydrogen-bond acceptors (Lipinski definition) is 7. The lowest BCUT2D eigenvalue weighted by atomic mass is 10.2. The summed E-state index contributed by atoms with van der Waals surface area (Å²) in [4.78, 5) is 20.0. The number of pyridine rings is 1. The molecule has 1 N–H and O–H groups in total. The van der Waals surface area contributed by atoms with E-state index in [0.717, 1.165) is 5.39 Å². The molecular weight excluding hydrogens is 326 g/mol. The van der Waals surface area contributed by atoms with Gasteiger partial charge in [0.15, 0.2) is 12.8 Å². The lowest BCUT2D eigenvalue weighted by Crippen LogP contribution is -2.28. The van der Waals surface area contributed by atoms with E-state index in [9.17, 15) is 4.79 Å². The van der Waals surface area contributed by atoms with Crippen molar-refractivity contribution in [2.24, 2.45) is 5.11 Å². The van der Waals surface area contributed by atoms with Crippen LogP contribution in [0.2, 0.25) is 0 Å². The van der Waals surface area contributed by atoms with Gasteiger partial charge >= 0.3 is 6.09 Å². The van der Waals surface area contributed by atoms with Gasteiger partial charge in [-0.1, -0.05) is 0 Å². The monoisotopic (exact) mass is 348 g/mol. The SMILES string of the molecule is COC(OC)c1cc2cnc(CN=[N+]=N)cc2n1C(=O)OC(C)(C)C. The lowest BCUT2D eigenvalue weighted by Gasteiger charge is -2.22. The number of nitrogens with one attached hydrogen (secondary N) is 1. The molecule has 0 bridgehead atoms. The molecule has 0 spiro atoms. The molecule has 0 aliphatic carbocycles. The third kappa shape index (κ3) is 4.27. The van der Waals surface area contributed by atoms with Crippen molar-refractivity contribution in [3.63, 3.8) is 0 Å². The van der Waals surface area contributed by atoms with Crippen molar-refractivity contribution in [3.8, 4) is 0 Å². The van der Waals surface area contributed by atoms with Crippen LogP contribution in [0.5, 0.6) is 0 Å². The highest BCUT2D eigenvalue weighted by molar-refractivity contribution is 5.90. The average Bonchev–Trinajstić information content (AvgIpc) is 2.91. The number of ether oxygens (including phenoxy) is 3. The summed E-state index contributed by atoms with van der Waals surface area (Å²) >= 11 is 0. The number of nitrogens with zero attached hydrogens (tertiary/aromatic N) is 4. The first-order chi connectivity index (χ1) is 11.8. The zero-order valence-electron chi connectivity index (χ0n) is 14.9. The van der Waals surface area contributed by atoms with Gasteiger partial charge in [0.1, 0.15) is 16.2 Å². The molecule has 0 radical (unpaired) electrons. The van der Waals surface area contributed by atoms with Crippen molar-refractivity contribution in [3.05, 3.63) is 29.7 Å². The number of carbonyl (C=O) groups is 1. The van der Waals surface area contributed by atoms with Crippen molar-refractivity contribution in [2.45, 2.75) is 39.2 Å². The van der Waals surface area contributed by atoms with E-state index in [1.54, 1.807) is 39.1 Å². The van der Waals surface area contributed by atoms with E-state index in [2.05, 4.69) is 15.0 Å². The normalized spacial score (nSPS) is 11.6. The Hall–Kier alpha value is -2.61. The van der Waals surface area contributed by atoms with Gasteiger partial charge in [0.2, 0.25) is 4.91 Å². The average molecular weight is 348 g/mol. The summed E-state index contributed by atoms with van der Waals surface area (Å²) in [6.45, 7) is 5.53. The van der Waals surface area contributed by atoms with E-state index in [0.29, 0.717) is 16.9 Å². The molecule has 2 aromatic rings. The zero-order valence-corrected chi connectivity index (χ0v) is 14.9. The van der Waals surface area contributed by atoms with Gasteiger partial charge in [-0.2, -0.15) is 0 Å². The standard InChI is InChI=1S/C16H22N5O4/c1-16(2,3)25-15(22)21-12-7-11(9-19-20-17)18-8-10(12)6-13(21)14(23-4)24-5/h6-8,14,17H,9H2,1-5H3/q+1. The second-order valence-corrected chi connectivity index (χ2v) is 6.32. The van der Waals surface area contributed by atoms with E-state index in [-0.39, 0.29) is 6.54 Å². The van der Waals surface area contributed by atoms with Crippen LogP contribution >= 0.6 is 0 Å². The van der Waals surface area contributed by atoms with Crippen LogP contribution in [0, 0.1) is 5.53 Å². The molecule has 0 aromatic carbocycles. The molecule has 134 valence electrons. The Kier molecular flexibility index (Phi) is 5.63. The van der Waals surface area contributed by atoms with Gasteiger partial charge in [-0.15, -0.1) is 0 Å². The summed E-state index contributed by atoms with van der Waals surface area (Å²) in [5.41, 5.74) is 7.76. The Morgan fingerprint density at radius 3 is 2.60 bits per heavy atom. The molecule has 0 aliphatic heterocycles. The number of hydrogen-bond donors (Lipinski definition) is 1. The number of fused-ring (bicyclic) bond motifs is 1. The van der Waals surface area contributed by atoms with E-state index in [4.69, 9.17) is 19.7 Å². The molecule has 0 saturated heterocycles. The van der Waals surface area contributed by atoms with Crippen LogP contribution in [0.25, 0.3) is 10.9 Å². The largest absolute Gasteiger partial charge is 0.443 e. The maximum Gasteiger partial charge on any atom is 0.419 e. The highest BCUT2D eigenvalue weighted by atomic mass is 16.7. The molecule has 25 heavy (non-hydrogen) atoms. The van der Waals surface area contributed by atoms with Crippen LogP contribution in [-0.2, 0) is 20.8 Å². The predicted molar refractivity (Wildman–Crippen MR) is 89.1 cm³/mol. The number of rotatable bonds is 5. The Labute approximate surface area is 145 Å². The predicted octanol–water partition coefficient (Wildman–Crippen LogP) is 3.16. The zero-order chi connectivity index (χ0) is 18.6. The van der Waals surface area contributed by atoms with Crippen LogP contribution in [0.3, 0.4) is 0 Å². The number of carbonyl (C=O) groups excluding carboxylic acids is 1. The number of methoxy groups -OCH3 is 2. The minimum absolute atomic E-state index is 0.145. The molecule has 0 saturated carbocycles. The quantitative estimate of drug-likeness (QED) is 0.506. The Morgan fingerprint density at radius 2 is 2.04 bits per heavy atom. The molecule has 0 unspecified atom stereocenters. The molecule has 0 fully saturated rings. The highest BCUT2D eigenvalue weighted by Crippen LogP contribution is 2.28. The van der Waals surface area contributed by atoms with Crippen molar-refractivity contribution in [2.75, 3.05) is 14.2 Å². The number of aromatic nitrogens is 2. The summed E-state index contributed by atoms with van der Waals surface area (Å²) in [6.07, 6.45) is 0.337. The third-order valence-electron chi connectivity index (χ3n) is 3.32. The molecular formula is C16H22N5O4+. The van der Waals surface area contributed by atoms with Crippen LogP contribution < -0.4 is 4.91 Å². The first-order valence-electron chi connectivity index (χ1n) is 7.63. The van der Waals surface area contributed by atoms with E-state index in [1.807, 2.05) is 0 Å². The van der Waals surface area contributed by atoms with Crippen LogP contribution in [0.15, 0.2) is 23.4 Å². The minimum Gasteiger partial charge on any atom is -0.443 e. The van der Waals surface area contributed by atoms with E-state index >= 15 is 0 Å². The summed E-state index contributed by atoms with van der Waals surface area (Å²) in [7, 11) is 2.98. The fourth-order valence-electron chi connectivity index (χ4n) is 2.38. The Balaban J connectivity index is 2.63. The Morgan fingerprint density at radius 1 is 1.36 bits per heavy atom. The van der Waals surface area contributed by atoms with Crippen molar-refractivity contribution < 1.29 is 19.0 Å². The smallest absolute Gasteiger partial charge is 0.419 e. The molecule has 0 aliphatic rings. The maximum absolute atomic E-state index is 12.8. The van der Waals surface area contributed by atoms with Crippen LogP contribution in [0.4, 0.5) is 4.79 Å². The van der Waals surface area contributed by atoms with Gasteiger partial charge in [0, 0.05) is 25.8 Å². The van der Waals surface area contributed by atoms with Crippen molar-refractivity contribution >= 4 is 17.0 Å². The van der Waals surface area contributed by atoms with Gasteiger partial charge in [-0.3, -0.25) is 4.98 Å². The minimum atomic E-state index is -0.740. The maximum atomic E-state index is 12.8. The van der Waals surface area contributed by atoms with Crippen molar-refractivity contribution in [1.29, 1.82) is 5.53 Å². The first kappa shape index (κ1) is 18.7. The molecule has 2 aromatic heterocycles. The van der Waals surface area contributed by atoms with Gasteiger partial charge in [0.05, 0.1) is 16.9 Å².